The van der Waals surface area contributed by atoms with Gasteiger partial charge in [-0.1, -0.05) is 50.3 Å². The van der Waals surface area contributed by atoms with Gasteiger partial charge >= 0.3 is 0 Å². The summed E-state index contributed by atoms with van der Waals surface area (Å²) in [5.41, 5.74) is 2.42. The number of nitrogens with zero attached hydrogens (tertiary/aromatic N) is 1. The molecule has 2 aliphatic rings. The Morgan fingerprint density at radius 1 is 1.08 bits per heavy atom. The molecule has 2 aromatic rings. The number of Topliss-reactive ketones (excluding diaryl/α,β-unsaturated/α-hetero) is 2. The molecular weight excluding hydrogens is 326 g/mol. The summed E-state index contributed by atoms with van der Waals surface area (Å²) in [6, 6.07) is 7.44. The molecule has 0 amide bonds. The van der Waals surface area contributed by atoms with Crippen molar-refractivity contribution in [3.63, 3.8) is 0 Å². The third-order valence-corrected chi connectivity index (χ3v) is 5.06. The quantitative estimate of drug-likeness (QED) is 0.837. The topological polar surface area (TPSA) is 67.3 Å². The minimum absolute atomic E-state index is 0.110. The summed E-state index contributed by atoms with van der Waals surface area (Å²) in [6.45, 7) is 4.19. The standard InChI is InChI=1S/C22H19NO3/c1-12(2)13-8-9-17-14(10-13)11-18(24)20(23-17)19-21(25)15-6-4-3-5-7-16(15)22(19)26/h3-12,15,19,24H,1-2H3. The number of pyridine rings is 1. The summed E-state index contributed by atoms with van der Waals surface area (Å²) in [5, 5.41) is 11.3. The number of carbonyl (C=O) groups is 2. The normalized spacial score (nSPS) is 22.0. The Kier molecular flexibility index (Phi) is 3.83. The van der Waals surface area contributed by atoms with Crippen molar-refractivity contribution in [1.82, 2.24) is 4.98 Å². The van der Waals surface area contributed by atoms with Crippen LogP contribution >= 0.6 is 0 Å². The van der Waals surface area contributed by atoms with Crippen molar-refractivity contribution in [1.29, 1.82) is 0 Å². The average Bonchev–Trinajstić information content (AvgIpc) is 2.79. The van der Waals surface area contributed by atoms with E-state index in [0.29, 0.717) is 17.0 Å². The highest BCUT2D eigenvalue weighted by Crippen LogP contribution is 2.40. The lowest BCUT2D eigenvalue weighted by atomic mass is 9.96. The highest BCUT2D eigenvalue weighted by atomic mass is 16.3. The fourth-order valence-electron chi connectivity index (χ4n) is 3.59. The fraction of sp³-hybridized carbons (Fsp3) is 0.227. The molecule has 26 heavy (non-hydrogen) atoms. The van der Waals surface area contributed by atoms with Crippen molar-refractivity contribution in [2.45, 2.75) is 25.7 Å². The zero-order valence-electron chi connectivity index (χ0n) is 14.6. The number of aromatic hydroxyl groups is 1. The molecule has 130 valence electrons. The molecule has 1 saturated carbocycles. The second-order valence-electron chi connectivity index (χ2n) is 7.07. The van der Waals surface area contributed by atoms with E-state index in [4.69, 9.17) is 0 Å². The molecule has 4 rings (SSSR count). The van der Waals surface area contributed by atoms with E-state index >= 15 is 0 Å². The van der Waals surface area contributed by atoms with Crippen molar-refractivity contribution >= 4 is 22.5 Å². The second-order valence-corrected chi connectivity index (χ2v) is 7.07. The molecule has 0 bridgehead atoms. The Morgan fingerprint density at radius 2 is 1.88 bits per heavy atom. The second kappa shape index (κ2) is 6.06. The molecular formula is C22H19NO3. The van der Waals surface area contributed by atoms with Crippen molar-refractivity contribution in [3.8, 4) is 5.75 Å². The summed E-state index contributed by atoms with van der Waals surface area (Å²) < 4.78 is 0. The molecule has 1 heterocycles. The summed E-state index contributed by atoms with van der Waals surface area (Å²) in [5.74, 6) is -1.88. The molecule has 1 fully saturated rings. The highest BCUT2D eigenvalue weighted by molar-refractivity contribution is 6.25. The molecule has 0 radical (unpaired) electrons. The number of fused-ring (bicyclic) bond motifs is 2. The smallest absolute Gasteiger partial charge is 0.176 e. The lowest BCUT2D eigenvalue weighted by Crippen LogP contribution is -2.16. The Labute approximate surface area is 151 Å². The lowest BCUT2D eigenvalue weighted by molar-refractivity contribution is -0.124. The Hall–Kier alpha value is -3.01. The maximum atomic E-state index is 12.8. The SMILES string of the molecule is CC(C)c1ccc2nc(C3C(=O)C4=CC=CC=CC4C3=O)c(O)cc2c1. The number of aromatic nitrogens is 1. The third-order valence-electron chi connectivity index (χ3n) is 5.06. The van der Waals surface area contributed by atoms with Gasteiger partial charge in [0.1, 0.15) is 17.4 Å². The molecule has 1 N–H and O–H groups in total. The minimum Gasteiger partial charge on any atom is -0.506 e. The molecule has 1 aromatic heterocycles. The predicted octanol–water partition coefficient (Wildman–Crippen LogP) is 3.97. The van der Waals surface area contributed by atoms with Crippen LogP contribution < -0.4 is 0 Å². The highest BCUT2D eigenvalue weighted by Gasteiger charge is 2.46. The zero-order valence-corrected chi connectivity index (χ0v) is 14.6. The van der Waals surface area contributed by atoms with Gasteiger partial charge in [-0.25, -0.2) is 4.98 Å². The number of hydrogen-bond acceptors (Lipinski definition) is 4. The van der Waals surface area contributed by atoms with Crippen LogP contribution in [0.15, 0.2) is 60.2 Å². The number of ketones is 2. The first-order chi connectivity index (χ1) is 12.5. The van der Waals surface area contributed by atoms with Crippen LogP contribution in [0.25, 0.3) is 10.9 Å². The van der Waals surface area contributed by atoms with Gasteiger partial charge in [-0.3, -0.25) is 9.59 Å². The molecule has 0 saturated heterocycles. The minimum atomic E-state index is -1.04. The van der Waals surface area contributed by atoms with Crippen LogP contribution in [0.2, 0.25) is 0 Å². The van der Waals surface area contributed by atoms with Crippen LogP contribution in [-0.2, 0) is 9.59 Å². The summed E-state index contributed by atoms with van der Waals surface area (Å²) >= 11 is 0. The number of rotatable bonds is 2. The maximum absolute atomic E-state index is 12.8. The lowest BCUT2D eigenvalue weighted by Gasteiger charge is -2.12. The van der Waals surface area contributed by atoms with E-state index in [9.17, 15) is 14.7 Å². The maximum Gasteiger partial charge on any atom is 0.176 e. The number of benzene rings is 1. The van der Waals surface area contributed by atoms with Gasteiger partial charge < -0.3 is 5.11 Å². The summed E-state index contributed by atoms with van der Waals surface area (Å²) in [6.07, 6.45) is 8.71. The summed E-state index contributed by atoms with van der Waals surface area (Å²) in [4.78, 5) is 30.1. The van der Waals surface area contributed by atoms with Gasteiger partial charge in [0.25, 0.3) is 0 Å². The zero-order chi connectivity index (χ0) is 18.4. The molecule has 2 aliphatic carbocycles. The van der Waals surface area contributed by atoms with Crippen LogP contribution in [0.3, 0.4) is 0 Å². The van der Waals surface area contributed by atoms with Crippen LogP contribution in [-0.4, -0.2) is 21.7 Å². The van der Waals surface area contributed by atoms with Gasteiger partial charge in [0.2, 0.25) is 0 Å². The van der Waals surface area contributed by atoms with Crippen molar-refractivity contribution in [3.05, 3.63) is 71.5 Å². The fourth-order valence-corrected chi connectivity index (χ4v) is 3.59. The van der Waals surface area contributed by atoms with Gasteiger partial charge in [-0.15, -0.1) is 0 Å². The van der Waals surface area contributed by atoms with Crippen molar-refractivity contribution in [2.75, 3.05) is 0 Å². The van der Waals surface area contributed by atoms with Gasteiger partial charge in [0.15, 0.2) is 11.6 Å². The molecule has 4 nitrogen and oxygen atoms in total. The van der Waals surface area contributed by atoms with Gasteiger partial charge in [0, 0.05) is 11.0 Å². The van der Waals surface area contributed by atoms with E-state index < -0.39 is 11.8 Å². The summed E-state index contributed by atoms with van der Waals surface area (Å²) in [7, 11) is 0. The van der Waals surface area contributed by atoms with E-state index in [2.05, 4.69) is 18.8 Å². The monoisotopic (exact) mass is 345 g/mol. The first-order valence-corrected chi connectivity index (χ1v) is 8.74. The van der Waals surface area contributed by atoms with Crippen LogP contribution in [0, 0.1) is 5.92 Å². The third kappa shape index (κ3) is 2.49. The Bertz CT molecular complexity index is 1030. The molecule has 1 aromatic carbocycles. The van der Waals surface area contributed by atoms with E-state index in [0.717, 1.165) is 10.9 Å². The molecule has 4 heteroatoms. The van der Waals surface area contributed by atoms with Gasteiger partial charge in [-0.05, 0) is 29.7 Å². The number of carbonyl (C=O) groups excluding carboxylic acids is 2. The van der Waals surface area contributed by atoms with Gasteiger partial charge in [-0.2, -0.15) is 0 Å². The molecule has 2 atom stereocenters. The van der Waals surface area contributed by atoms with E-state index in [-0.39, 0.29) is 23.0 Å². The number of allylic oxidation sites excluding steroid dienone is 6. The van der Waals surface area contributed by atoms with E-state index in [1.165, 1.54) is 0 Å². The van der Waals surface area contributed by atoms with Crippen LogP contribution in [0.4, 0.5) is 0 Å². The predicted molar refractivity (Wildman–Crippen MR) is 100 cm³/mol. The first-order valence-electron chi connectivity index (χ1n) is 8.74. The van der Waals surface area contributed by atoms with Crippen molar-refractivity contribution < 1.29 is 14.7 Å². The first kappa shape index (κ1) is 16.5. The van der Waals surface area contributed by atoms with E-state index in [1.807, 2.05) is 18.2 Å². The molecule has 0 spiro atoms. The largest absolute Gasteiger partial charge is 0.506 e. The molecule has 2 unspecified atom stereocenters. The van der Waals surface area contributed by atoms with Crippen molar-refractivity contribution in [2.24, 2.45) is 5.92 Å². The van der Waals surface area contributed by atoms with Crippen LogP contribution in [0.5, 0.6) is 5.75 Å². The Morgan fingerprint density at radius 3 is 2.65 bits per heavy atom. The average molecular weight is 345 g/mol. The number of hydrogen-bond donors (Lipinski definition) is 1. The van der Waals surface area contributed by atoms with Gasteiger partial charge in [0.05, 0.1) is 11.4 Å². The molecule has 0 aliphatic heterocycles. The Balaban J connectivity index is 1.83. The van der Waals surface area contributed by atoms with Crippen LogP contribution in [0.1, 0.15) is 36.9 Å². The van der Waals surface area contributed by atoms with E-state index in [1.54, 1.807) is 36.4 Å².